The number of aryl methyl sites for hydroxylation is 1. The van der Waals surface area contributed by atoms with E-state index in [-0.39, 0.29) is 12.4 Å². The summed E-state index contributed by atoms with van der Waals surface area (Å²) < 4.78 is 40.4. The van der Waals surface area contributed by atoms with Crippen molar-refractivity contribution in [2.45, 2.75) is 26.1 Å². The van der Waals surface area contributed by atoms with Crippen molar-refractivity contribution < 1.29 is 18.0 Å². The van der Waals surface area contributed by atoms with E-state index in [2.05, 4.69) is 15.4 Å². The van der Waals surface area contributed by atoms with Crippen LogP contribution in [0.1, 0.15) is 38.7 Å². The van der Waals surface area contributed by atoms with Crippen molar-refractivity contribution in [2.75, 3.05) is 0 Å². The van der Waals surface area contributed by atoms with E-state index in [1.165, 1.54) is 12.1 Å². The Kier molecular flexibility index (Phi) is 6.26. The lowest BCUT2D eigenvalue weighted by atomic mass is 10.1. The molecule has 0 saturated carbocycles. The molecule has 1 heterocycles. The van der Waals surface area contributed by atoms with Gasteiger partial charge in [0.05, 0.1) is 11.3 Å². The number of alkyl halides is 3. The molecule has 168 valence electrons. The van der Waals surface area contributed by atoms with E-state index in [4.69, 9.17) is 0 Å². The summed E-state index contributed by atoms with van der Waals surface area (Å²) in [4.78, 5) is 17.2. The van der Waals surface area contributed by atoms with Crippen molar-refractivity contribution in [2.24, 2.45) is 0 Å². The molecule has 33 heavy (non-hydrogen) atoms. The van der Waals surface area contributed by atoms with Gasteiger partial charge in [-0.25, -0.2) is 9.67 Å². The van der Waals surface area contributed by atoms with Gasteiger partial charge in [0.2, 0.25) is 5.82 Å². The molecule has 0 aliphatic rings. The predicted octanol–water partition coefficient (Wildman–Crippen LogP) is 5.12. The zero-order valence-corrected chi connectivity index (χ0v) is 17.8. The molecule has 0 fully saturated rings. The molecule has 8 heteroatoms. The van der Waals surface area contributed by atoms with Gasteiger partial charge < -0.3 is 5.32 Å². The lowest BCUT2D eigenvalue weighted by Gasteiger charge is -2.09. The smallest absolute Gasteiger partial charge is 0.345 e. The molecule has 0 atom stereocenters. The first kappa shape index (κ1) is 22.3. The monoisotopic (exact) mass is 450 g/mol. The molecule has 0 aliphatic heterocycles. The summed E-state index contributed by atoms with van der Waals surface area (Å²) in [5.74, 6) is -0.0321. The fourth-order valence-electron chi connectivity index (χ4n) is 3.35. The van der Waals surface area contributed by atoms with Crippen molar-refractivity contribution in [3.63, 3.8) is 0 Å². The number of halogens is 3. The molecule has 1 N–H and O–H groups in total. The first-order chi connectivity index (χ1) is 15.8. The summed E-state index contributed by atoms with van der Waals surface area (Å²) in [7, 11) is 0. The standard InChI is InChI=1S/C25H21F3N4O/c1-17-10-12-21(13-11-17)32-22(15-18-6-3-2-4-7-18)30-23(31-32)24(33)29-16-19-8-5-9-20(14-19)25(26,27)28/h2-14H,15-16H2,1H3,(H,29,33). The third-order valence-corrected chi connectivity index (χ3v) is 5.07. The van der Waals surface area contributed by atoms with Crippen molar-refractivity contribution in [3.8, 4) is 5.69 Å². The molecule has 4 rings (SSSR count). The van der Waals surface area contributed by atoms with E-state index in [1.807, 2.05) is 61.5 Å². The quantitative estimate of drug-likeness (QED) is 0.444. The average Bonchev–Trinajstić information content (AvgIpc) is 3.22. The number of benzene rings is 3. The van der Waals surface area contributed by atoms with Crippen LogP contribution in [0.4, 0.5) is 13.2 Å². The topological polar surface area (TPSA) is 59.8 Å². The minimum absolute atomic E-state index is 0.0477. The molecule has 1 aromatic heterocycles. The molecular formula is C25H21F3N4O. The van der Waals surface area contributed by atoms with Gasteiger partial charge in [0.25, 0.3) is 5.91 Å². The fourth-order valence-corrected chi connectivity index (χ4v) is 3.35. The summed E-state index contributed by atoms with van der Waals surface area (Å²) in [6.07, 6.45) is -3.98. The maximum atomic E-state index is 12.9. The molecule has 4 aromatic rings. The maximum Gasteiger partial charge on any atom is 0.416 e. The fraction of sp³-hybridized carbons (Fsp3) is 0.160. The van der Waals surface area contributed by atoms with Crippen molar-refractivity contribution in [1.82, 2.24) is 20.1 Å². The van der Waals surface area contributed by atoms with Crippen molar-refractivity contribution in [3.05, 3.63) is 113 Å². The SMILES string of the molecule is Cc1ccc(-n2nc(C(=O)NCc3cccc(C(F)(F)F)c3)nc2Cc2ccccc2)cc1. The van der Waals surface area contributed by atoms with Crippen LogP contribution in [-0.4, -0.2) is 20.7 Å². The summed E-state index contributed by atoms with van der Waals surface area (Å²) in [5.41, 5.74) is 2.43. The maximum absolute atomic E-state index is 12.9. The number of hydrogen-bond acceptors (Lipinski definition) is 3. The first-order valence-corrected chi connectivity index (χ1v) is 10.3. The van der Waals surface area contributed by atoms with Crippen LogP contribution in [0, 0.1) is 6.92 Å². The Balaban J connectivity index is 1.57. The lowest BCUT2D eigenvalue weighted by molar-refractivity contribution is -0.137. The van der Waals surface area contributed by atoms with Crippen LogP contribution in [0.15, 0.2) is 78.9 Å². The number of amides is 1. The molecule has 0 unspecified atom stereocenters. The van der Waals surface area contributed by atoms with Crippen LogP contribution in [0.2, 0.25) is 0 Å². The average molecular weight is 450 g/mol. The zero-order valence-electron chi connectivity index (χ0n) is 17.8. The summed E-state index contributed by atoms with van der Waals surface area (Å²) in [5, 5.41) is 7.00. The molecular weight excluding hydrogens is 429 g/mol. The van der Waals surface area contributed by atoms with Crippen LogP contribution < -0.4 is 5.32 Å². The summed E-state index contributed by atoms with van der Waals surface area (Å²) in [6.45, 7) is 1.90. The van der Waals surface area contributed by atoms with Crippen LogP contribution in [0.3, 0.4) is 0 Å². The van der Waals surface area contributed by atoms with E-state index < -0.39 is 17.6 Å². The number of nitrogens with one attached hydrogen (secondary N) is 1. The number of carbonyl (C=O) groups is 1. The molecule has 0 aliphatic carbocycles. The summed E-state index contributed by atoms with van der Waals surface area (Å²) in [6, 6.07) is 22.2. The largest absolute Gasteiger partial charge is 0.416 e. The van der Waals surface area contributed by atoms with Gasteiger partial charge in [0, 0.05) is 13.0 Å². The predicted molar refractivity (Wildman–Crippen MR) is 118 cm³/mol. The Morgan fingerprint density at radius 1 is 0.939 bits per heavy atom. The Hall–Kier alpha value is -3.94. The third kappa shape index (κ3) is 5.46. The summed E-state index contributed by atoms with van der Waals surface area (Å²) >= 11 is 0. The van der Waals surface area contributed by atoms with Gasteiger partial charge in [0.15, 0.2) is 0 Å². The molecule has 0 radical (unpaired) electrons. The third-order valence-electron chi connectivity index (χ3n) is 5.07. The van der Waals surface area contributed by atoms with E-state index in [0.717, 1.165) is 28.9 Å². The number of aromatic nitrogens is 3. The minimum Gasteiger partial charge on any atom is -0.345 e. The van der Waals surface area contributed by atoms with Crippen molar-refractivity contribution in [1.29, 1.82) is 0 Å². The van der Waals surface area contributed by atoms with Gasteiger partial charge in [-0.1, -0.05) is 60.2 Å². The number of nitrogens with zero attached hydrogens (tertiary/aromatic N) is 3. The lowest BCUT2D eigenvalue weighted by Crippen LogP contribution is -2.24. The highest BCUT2D eigenvalue weighted by Crippen LogP contribution is 2.29. The molecule has 0 bridgehead atoms. The van der Waals surface area contributed by atoms with Crippen LogP contribution in [0.5, 0.6) is 0 Å². The van der Waals surface area contributed by atoms with Crippen LogP contribution in [-0.2, 0) is 19.1 Å². The highest BCUT2D eigenvalue weighted by molar-refractivity contribution is 5.90. The Labute approximate surface area is 188 Å². The van der Waals surface area contributed by atoms with Gasteiger partial charge in [0.1, 0.15) is 5.82 Å². The zero-order chi connectivity index (χ0) is 23.4. The number of hydrogen-bond donors (Lipinski definition) is 1. The molecule has 0 spiro atoms. The van der Waals surface area contributed by atoms with Crippen molar-refractivity contribution >= 4 is 5.91 Å². The number of rotatable bonds is 6. The second kappa shape index (κ2) is 9.28. The van der Waals surface area contributed by atoms with Gasteiger partial charge in [-0.2, -0.15) is 13.2 Å². The molecule has 5 nitrogen and oxygen atoms in total. The van der Waals surface area contributed by atoms with Crippen LogP contribution >= 0.6 is 0 Å². The Morgan fingerprint density at radius 3 is 2.33 bits per heavy atom. The van der Waals surface area contributed by atoms with E-state index in [9.17, 15) is 18.0 Å². The second-order valence-corrected chi connectivity index (χ2v) is 7.64. The van der Waals surface area contributed by atoms with Gasteiger partial charge in [-0.3, -0.25) is 4.79 Å². The Bertz CT molecular complexity index is 1250. The minimum atomic E-state index is -4.44. The van der Waals surface area contributed by atoms with E-state index in [0.29, 0.717) is 17.8 Å². The highest BCUT2D eigenvalue weighted by atomic mass is 19.4. The van der Waals surface area contributed by atoms with Crippen LogP contribution in [0.25, 0.3) is 5.69 Å². The van der Waals surface area contributed by atoms with Gasteiger partial charge in [-0.15, -0.1) is 5.10 Å². The first-order valence-electron chi connectivity index (χ1n) is 10.3. The molecule has 1 amide bonds. The Morgan fingerprint density at radius 2 is 1.64 bits per heavy atom. The molecule has 0 saturated heterocycles. The van der Waals surface area contributed by atoms with Gasteiger partial charge in [-0.05, 0) is 42.3 Å². The van der Waals surface area contributed by atoms with Gasteiger partial charge >= 0.3 is 6.18 Å². The van der Waals surface area contributed by atoms with E-state index in [1.54, 1.807) is 4.68 Å². The van der Waals surface area contributed by atoms with E-state index >= 15 is 0 Å². The second-order valence-electron chi connectivity index (χ2n) is 7.64. The molecule has 3 aromatic carbocycles. The normalized spacial score (nSPS) is 11.4. The highest BCUT2D eigenvalue weighted by Gasteiger charge is 2.30. The number of carbonyl (C=O) groups excluding carboxylic acids is 1.